The van der Waals surface area contributed by atoms with Gasteiger partial charge >= 0.3 is 11.9 Å². The zero-order chi connectivity index (χ0) is 30.8. The van der Waals surface area contributed by atoms with E-state index in [9.17, 15) is 59.7 Å². The van der Waals surface area contributed by atoms with E-state index in [1.54, 1.807) is 0 Å². The average molecular weight is 580 g/mol. The van der Waals surface area contributed by atoms with Gasteiger partial charge in [0.2, 0.25) is 5.78 Å². The number of hydrogen-bond acceptors (Lipinski definition) is 12. The summed E-state index contributed by atoms with van der Waals surface area (Å²) in [5, 5.41) is 71.6. The van der Waals surface area contributed by atoms with Gasteiger partial charge in [-0.15, -0.1) is 0 Å². The first-order valence-corrected chi connectivity index (χ1v) is 12.3. The molecular weight excluding hydrogens is 560 g/mol. The van der Waals surface area contributed by atoms with Crippen molar-refractivity contribution in [2.45, 2.75) is 31.6 Å². The van der Waals surface area contributed by atoms with Crippen molar-refractivity contribution in [2.75, 3.05) is 6.61 Å². The van der Waals surface area contributed by atoms with E-state index in [1.807, 2.05) is 0 Å². The third-order valence-electron chi connectivity index (χ3n) is 8.74. The first-order valence-electron chi connectivity index (χ1n) is 12.3. The van der Waals surface area contributed by atoms with E-state index < -0.39 is 115 Å². The number of carbonyl (C=O) groups excluding carboxylic acids is 2. The number of rotatable bonds is 3. The first kappa shape index (κ1) is 26.7. The molecule has 14 nitrogen and oxygen atoms in total. The van der Waals surface area contributed by atoms with Crippen molar-refractivity contribution in [3.63, 3.8) is 0 Å². The Bertz CT molecular complexity index is 1960. The average Bonchev–Trinajstić information content (AvgIpc) is 2.91. The fourth-order valence-electron chi connectivity index (χ4n) is 7.11. The zero-order valence-electron chi connectivity index (χ0n) is 21.6. The number of ketones is 2. The van der Waals surface area contributed by atoms with Crippen LogP contribution >= 0.6 is 0 Å². The highest BCUT2D eigenvalue weighted by molar-refractivity contribution is 6.12. The monoisotopic (exact) mass is 580 g/mol. The number of aromatic carboxylic acids is 2. The molecule has 3 atom stereocenters. The number of benzene rings is 2. The number of Topliss-reactive ketones (excluding diaryl/α,β-unsaturated/α-hetero) is 2. The first-order chi connectivity index (χ1) is 19.6. The number of fused-ring (bicyclic) bond motifs is 4. The number of carbonyl (C=O) groups is 4. The van der Waals surface area contributed by atoms with Gasteiger partial charge < -0.3 is 44.9 Å². The minimum atomic E-state index is -2.29. The number of aliphatic hydroxyl groups excluding tert-OH is 1. The van der Waals surface area contributed by atoms with E-state index in [-0.39, 0.29) is 22.6 Å². The van der Waals surface area contributed by atoms with Crippen molar-refractivity contribution < 1.29 is 64.1 Å². The molecule has 0 spiro atoms. The summed E-state index contributed by atoms with van der Waals surface area (Å²) in [5.74, 6) is -12.7. The molecule has 0 saturated heterocycles. The molecule has 7 N–H and O–H groups in total. The molecule has 0 fully saturated rings. The van der Waals surface area contributed by atoms with E-state index in [2.05, 4.69) is 0 Å². The molecule has 2 aliphatic carbocycles. The second-order valence-electron chi connectivity index (χ2n) is 10.6. The highest BCUT2D eigenvalue weighted by atomic mass is 16.5. The van der Waals surface area contributed by atoms with Gasteiger partial charge in [0.25, 0.3) is 0 Å². The highest BCUT2D eigenvalue weighted by Crippen LogP contribution is 2.68. The maximum atomic E-state index is 14.0. The van der Waals surface area contributed by atoms with Crippen molar-refractivity contribution in [3.8, 4) is 28.7 Å². The number of aliphatic hydroxyl groups is 1. The zero-order valence-corrected chi connectivity index (χ0v) is 21.6. The minimum absolute atomic E-state index is 0.215. The van der Waals surface area contributed by atoms with Gasteiger partial charge in [-0.1, -0.05) is 0 Å². The molecule has 6 rings (SSSR count). The van der Waals surface area contributed by atoms with Gasteiger partial charge in [-0.3, -0.25) is 14.4 Å². The van der Waals surface area contributed by atoms with Crippen LogP contribution in [0.2, 0.25) is 0 Å². The summed E-state index contributed by atoms with van der Waals surface area (Å²) in [4.78, 5) is 66.5. The second-order valence-corrected chi connectivity index (χ2v) is 10.6. The summed E-state index contributed by atoms with van der Waals surface area (Å²) in [7, 11) is 0. The highest BCUT2D eigenvalue weighted by Gasteiger charge is 2.74. The smallest absolute Gasteiger partial charge is 0.340 e. The van der Waals surface area contributed by atoms with E-state index >= 15 is 0 Å². The lowest BCUT2D eigenvalue weighted by molar-refractivity contribution is -0.151. The van der Waals surface area contributed by atoms with E-state index in [0.29, 0.717) is 0 Å². The summed E-state index contributed by atoms with van der Waals surface area (Å²) in [5.41, 5.74) is -9.03. The Kier molecular flexibility index (Phi) is 5.10. The van der Waals surface area contributed by atoms with Crippen molar-refractivity contribution in [3.05, 3.63) is 61.7 Å². The van der Waals surface area contributed by atoms with Crippen molar-refractivity contribution in [1.82, 2.24) is 0 Å². The number of carboxylic acid groups (broad SMARTS) is 2. The molecule has 216 valence electrons. The van der Waals surface area contributed by atoms with Crippen LogP contribution in [0.1, 0.15) is 57.4 Å². The van der Waals surface area contributed by atoms with Crippen LogP contribution < -0.4 is 10.2 Å². The van der Waals surface area contributed by atoms with Gasteiger partial charge in [-0.2, -0.15) is 0 Å². The molecule has 1 aromatic heterocycles. The number of phenols is 4. The summed E-state index contributed by atoms with van der Waals surface area (Å²) >= 11 is 0. The van der Waals surface area contributed by atoms with Crippen molar-refractivity contribution in [2.24, 2.45) is 5.41 Å². The van der Waals surface area contributed by atoms with Crippen LogP contribution in [-0.4, -0.2) is 65.9 Å². The maximum absolute atomic E-state index is 14.0. The molecule has 0 amide bonds. The van der Waals surface area contributed by atoms with Crippen LogP contribution in [0.3, 0.4) is 0 Å². The second kappa shape index (κ2) is 8.02. The normalized spacial score (nSPS) is 24.0. The van der Waals surface area contributed by atoms with E-state index in [4.69, 9.17) is 9.15 Å². The molecule has 14 heteroatoms. The Hall–Kier alpha value is -5.53. The predicted molar refractivity (Wildman–Crippen MR) is 137 cm³/mol. The third kappa shape index (κ3) is 2.75. The number of hydrogen-bond donors (Lipinski definition) is 7. The van der Waals surface area contributed by atoms with E-state index in [1.165, 1.54) is 6.92 Å². The van der Waals surface area contributed by atoms with Crippen LogP contribution in [-0.2, 0) is 21.4 Å². The summed E-state index contributed by atoms with van der Waals surface area (Å²) in [6.07, 6.45) is -0.728. The Balaban J connectivity index is 1.87. The number of carboxylic acids is 2. The van der Waals surface area contributed by atoms with Crippen LogP contribution in [0.15, 0.2) is 32.7 Å². The Labute approximate surface area is 232 Å². The van der Waals surface area contributed by atoms with Crippen molar-refractivity contribution in [1.29, 1.82) is 0 Å². The fraction of sp³-hybridized carbons (Fsp3) is 0.250. The SMILES string of the molecule is CC(=O)[C@]12c3c(cc(O)c(O)c3C(=O)O)OC[C@]13Cc1c(oc4cc(O)c(O)c(C(=O)O)c4c1=O)[C@@H]2C(C)=C(O)C3=O. The standard InChI is InChI=1S/C28H20O14/c1-7-17-23-9(20(33)14-12(42-23)3-10(30)21(34)15(14)25(37)38)5-27(24(36)19(7)32)6-41-13-4-11(31)22(35)16(26(39)40)18(13)28(17,27)8(2)29/h3-4,17,30-32,34-35H,5-6H2,1-2H3,(H,37,38)(H,39,40)/t17-,27-,28-/m0/s1. The quantitative estimate of drug-likeness (QED) is 0.219. The molecule has 2 heterocycles. The Morgan fingerprint density at radius 3 is 2.12 bits per heavy atom. The third-order valence-corrected chi connectivity index (χ3v) is 8.74. The molecule has 3 aliphatic rings. The lowest BCUT2D eigenvalue weighted by Crippen LogP contribution is -2.69. The molecule has 0 saturated carbocycles. The van der Waals surface area contributed by atoms with Gasteiger partial charge in [0.1, 0.15) is 40.6 Å². The molecule has 42 heavy (non-hydrogen) atoms. The van der Waals surface area contributed by atoms with Crippen LogP contribution in [0, 0.1) is 5.41 Å². The van der Waals surface area contributed by atoms with Gasteiger partial charge in [0.15, 0.2) is 34.2 Å². The summed E-state index contributed by atoms with van der Waals surface area (Å²) in [6, 6.07) is 1.65. The van der Waals surface area contributed by atoms with Gasteiger partial charge in [-0.25, -0.2) is 9.59 Å². The summed E-state index contributed by atoms with van der Waals surface area (Å²) < 4.78 is 11.7. The molecule has 0 radical (unpaired) electrons. The topological polar surface area (TPSA) is 249 Å². The fourth-order valence-corrected chi connectivity index (χ4v) is 7.11. The number of allylic oxidation sites excluding steroid dienone is 2. The number of aromatic hydroxyl groups is 4. The van der Waals surface area contributed by atoms with Gasteiger partial charge in [-0.05, 0) is 25.8 Å². The molecule has 0 unspecified atom stereocenters. The minimum Gasteiger partial charge on any atom is -0.504 e. The molecule has 2 aromatic carbocycles. The van der Waals surface area contributed by atoms with Crippen LogP contribution in [0.25, 0.3) is 11.0 Å². The maximum Gasteiger partial charge on any atom is 0.340 e. The predicted octanol–water partition coefficient (Wildman–Crippen LogP) is 1.97. The van der Waals surface area contributed by atoms with E-state index in [0.717, 1.165) is 19.1 Å². The molecule has 2 bridgehead atoms. The summed E-state index contributed by atoms with van der Waals surface area (Å²) in [6.45, 7) is 1.59. The Morgan fingerprint density at radius 1 is 0.929 bits per heavy atom. The number of ether oxygens (including phenoxy) is 1. The van der Waals surface area contributed by atoms with Crippen LogP contribution in [0.4, 0.5) is 0 Å². The number of phenolic OH excluding ortho intramolecular Hbond substituents is 2. The largest absolute Gasteiger partial charge is 0.504 e. The molecular formula is C28H20O14. The van der Waals surface area contributed by atoms with Gasteiger partial charge in [0, 0.05) is 23.3 Å². The molecule has 1 aliphatic heterocycles. The lowest BCUT2D eigenvalue weighted by atomic mass is 9.41. The van der Waals surface area contributed by atoms with Crippen molar-refractivity contribution >= 4 is 34.5 Å². The Morgan fingerprint density at radius 2 is 1.52 bits per heavy atom. The van der Waals surface area contributed by atoms with Gasteiger partial charge in [0.05, 0.1) is 22.1 Å². The molecule has 3 aromatic rings. The van der Waals surface area contributed by atoms with Crippen LogP contribution in [0.5, 0.6) is 28.7 Å². The lowest BCUT2D eigenvalue weighted by Gasteiger charge is -2.59.